The molecule has 2 atom stereocenters. The van der Waals surface area contributed by atoms with E-state index in [1.54, 1.807) is 36.3 Å². The van der Waals surface area contributed by atoms with Crippen LogP contribution >= 0.6 is 11.6 Å². The highest BCUT2D eigenvalue weighted by Gasteiger charge is 2.18. The summed E-state index contributed by atoms with van der Waals surface area (Å²) in [4.78, 5) is 30.5. The topological polar surface area (TPSA) is 94.8 Å². The van der Waals surface area contributed by atoms with Gasteiger partial charge >= 0.3 is 0 Å². The van der Waals surface area contributed by atoms with Crippen molar-refractivity contribution in [2.45, 2.75) is 38.5 Å². The predicted molar refractivity (Wildman–Crippen MR) is 114 cm³/mol. The summed E-state index contributed by atoms with van der Waals surface area (Å²) >= 11 is 6.27. The molecule has 0 aliphatic rings. The first-order chi connectivity index (χ1) is 14.5. The minimum atomic E-state index is 0.00346. The molecule has 0 fully saturated rings. The van der Waals surface area contributed by atoms with Gasteiger partial charge in [0.2, 0.25) is 0 Å². The van der Waals surface area contributed by atoms with Crippen molar-refractivity contribution in [3.05, 3.63) is 65.0 Å². The largest absolute Gasteiger partial charge is 0.305 e. The number of hydrogen-bond donors (Lipinski definition) is 1. The molecular weight excluding hydrogens is 404 g/mol. The molecule has 2 aromatic heterocycles. The van der Waals surface area contributed by atoms with Gasteiger partial charge in [-0.05, 0) is 42.2 Å². The molecule has 1 aromatic carbocycles. The van der Waals surface area contributed by atoms with Gasteiger partial charge in [-0.25, -0.2) is 20.4 Å². The Morgan fingerprint density at radius 2 is 1.93 bits per heavy atom. The number of nitrogens with zero attached hydrogens (tertiary/aromatic N) is 5. The van der Waals surface area contributed by atoms with E-state index in [9.17, 15) is 4.79 Å². The van der Waals surface area contributed by atoms with Crippen LogP contribution < -0.4 is 5.48 Å². The molecule has 3 aromatic rings. The minimum absolute atomic E-state index is 0.00346. The van der Waals surface area contributed by atoms with Crippen molar-refractivity contribution in [2.75, 3.05) is 13.7 Å². The van der Waals surface area contributed by atoms with Gasteiger partial charge in [-0.3, -0.25) is 4.79 Å². The Bertz CT molecular complexity index is 979. The lowest BCUT2D eigenvalue weighted by atomic mass is 9.95. The molecule has 0 saturated carbocycles. The lowest BCUT2D eigenvalue weighted by molar-refractivity contribution is 0.0882. The molecule has 0 radical (unpaired) electrons. The maximum absolute atomic E-state index is 12.8. The standard InChI is InChI=1S/C21H25ClN6O2/c1-14(20-25-13-26-28(20)21-23-7-4-8-24-21)5-6-19(29)17-9-16(10-18(22)11-17)15(2)12-27-30-3/h4,7-11,13-15,27H,5-6,12H2,1-3H3. The van der Waals surface area contributed by atoms with Gasteiger partial charge in [0.1, 0.15) is 12.2 Å². The Labute approximate surface area is 180 Å². The van der Waals surface area contributed by atoms with Gasteiger partial charge in [0.05, 0.1) is 7.11 Å². The number of nitrogens with one attached hydrogen (secondary N) is 1. The molecule has 2 heterocycles. The van der Waals surface area contributed by atoms with E-state index in [0.29, 0.717) is 35.9 Å². The number of carbonyl (C=O) groups is 1. The van der Waals surface area contributed by atoms with Gasteiger partial charge in [0.25, 0.3) is 5.95 Å². The Morgan fingerprint density at radius 1 is 1.17 bits per heavy atom. The van der Waals surface area contributed by atoms with Gasteiger partial charge in [-0.15, -0.1) is 0 Å². The van der Waals surface area contributed by atoms with Crippen LogP contribution in [0.1, 0.15) is 60.3 Å². The molecule has 3 rings (SSSR count). The van der Waals surface area contributed by atoms with E-state index in [-0.39, 0.29) is 17.6 Å². The van der Waals surface area contributed by atoms with Crippen LogP contribution in [0.4, 0.5) is 0 Å². The van der Waals surface area contributed by atoms with E-state index in [2.05, 4.69) is 25.5 Å². The first-order valence-corrected chi connectivity index (χ1v) is 10.1. The van der Waals surface area contributed by atoms with E-state index in [1.807, 2.05) is 26.0 Å². The molecular formula is C21H25ClN6O2. The number of aromatic nitrogens is 5. The fraction of sp³-hybridized carbons (Fsp3) is 0.381. The summed E-state index contributed by atoms with van der Waals surface area (Å²) in [5.41, 5.74) is 4.44. The zero-order valence-corrected chi connectivity index (χ0v) is 18.0. The van der Waals surface area contributed by atoms with Crippen molar-refractivity contribution in [3.8, 4) is 5.95 Å². The summed E-state index contributed by atoms with van der Waals surface area (Å²) in [6.45, 7) is 4.68. The average molecular weight is 429 g/mol. The second kappa shape index (κ2) is 10.4. The SMILES string of the molecule is CONCC(C)c1cc(Cl)cc(C(=O)CCC(C)c2ncnn2-c2ncccn2)c1. The van der Waals surface area contributed by atoms with Crippen LogP contribution in [0.3, 0.4) is 0 Å². The quantitative estimate of drug-likeness (QED) is 0.388. The monoisotopic (exact) mass is 428 g/mol. The Morgan fingerprint density at radius 3 is 2.67 bits per heavy atom. The van der Waals surface area contributed by atoms with Gasteiger partial charge < -0.3 is 4.84 Å². The third-order valence-corrected chi connectivity index (χ3v) is 5.12. The van der Waals surface area contributed by atoms with Crippen LogP contribution in [-0.4, -0.2) is 44.2 Å². The average Bonchev–Trinajstić information content (AvgIpc) is 3.25. The highest BCUT2D eigenvalue weighted by molar-refractivity contribution is 6.31. The van der Waals surface area contributed by atoms with E-state index < -0.39 is 0 Å². The second-order valence-electron chi connectivity index (χ2n) is 7.17. The van der Waals surface area contributed by atoms with Crippen LogP contribution in [0.5, 0.6) is 0 Å². The van der Waals surface area contributed by atoms with Crippen molar-refractivity contribution >= 4 is 17.4 Å². The first kappa shape index (κ1) is 22.0. The molecule has 0 aliphatic carbocycles. The summed E-state index contributed by atoms with van der Waals surface area (Å²) in [6.07, 6.45) is 5.77. The maximum atomic E-state index is 12.8. The van der Waals surface area contributed by atoms with Crippen molar-refractivity contribution in [1.29, 1.82) is 0 Å². The number of ketones is 1. The number of hydrogen-bond acceptors (Lipinski definition) is 7. The molecule has 9 heteroatoms. The number of benzene rings is 1. The Balaban J connectivity index is 1.68. The lowest BCUT2D eigenvalue weighted by Crippen LogP contribution is -2.18. The van der Waals surface area contributed by atoms with E-state index in [1.165, 1.54) is 6.33 Å². The zero-order valence-electron chi connectivity index (χ0n) is 17.2. The molecule has 0 amide bonds. The number of rotatable bonds is 10. The smallest absolute Gasteiger partial charge is 0.252 e. The maximum Gasteiger partial charge on any atom is 0.252 e. The summed E-state index contributed by atoms with van der Waals surface area (Å²) < 4.78 is 1.61. The van der Waals surface area contributed by atoms with Crippen LogP contribution in [0, 0.1) is 0 Å². The number of hydroxylamine groups is 1. The number of Topliss-reactive ketones (excluding diaryl/α,β-unsaturated/α-hetero) is 1. The molecule has 30 heavy (non-hydrogen) atoms. The Kier molecular flexibility index (Phi) is 7.62. The van der Waals surface area contributed by atoms with Crippen LogP contribution in [0.15, 0.2) is 43.0 Å². The summed E-state index contributed by atoms with van der Waals surface area (Å²) in [6, 6.07) is 7.25. The zero-order chi connectivity index (χ0) is 21.5. The Hall–Kier alpha value is -2.68. The molecule has 0 saturated heterocycles. The number of halogens is 1. The van der Waals surface area contributed by atoms with Crippen LogP contribution in [0.25, 0.3) is 5.95 Å². The third-order valence-electron chi connectivity index (χ3n) is 4.91. The lowest BCUT2D eigenvalue weighted by Gasteiger charge is -2.14. The van der Waals surface area contributed by atoms with Crippen molar-refractivity contribution in [3.63, 3.8) is 0 Å². The summed E-state index contributed by atoms with van der Waals surface area (Å²) in [5, 5.41) is 4.77. The summed E-state index contributed by atoms with van der Waals surface area (Å²) in [5.74, 6) is 1.38. The van der Waals surface area contributed by atoms with Crippen LogP contribution in [0.2, 0.25) is 5.02 Å². The summed E-state index contributed by atoms with van der Waals surface area (Å²) in [7, 11) is 1.57. The highest BCUT2D eigenvalue weighted by atomic mass is 35.5. The predicted octanol–water partition coefficient (Wildman–Crippen LogP) is 3.73. The molecule has 0 spiro atoms. The van der Waals surface area contributed by atoms with Crippen molar-refractivity contribution in [1.82, 2.24) is 30.2 Å². The third kappa shape index (κ3) is 5.47. The first-order valence-electron chi connectivity index (χ1n) is 9.76. The van der Waals surface area contributed by atoms with Crippen molar-refractivity contribution < 1.29 is 9.63 Å². The fourth-order valence-electron chi connectivity index (χ4n) is 3.15. The van der Waals surface area contributed by atoms with E-state index >= 15 is 0 Å². The van der Waals surface area contributed by atoms with E-state index in [0.717, 1.165) is 11.4 Å². The highest BCUT2D eigenvalue weighted by Crippen LogP contribution is 2.25. The second-order valence-corrected chi connectivity index (χ2v) is 7.61. The molecule has 1 N–H and O–H groups in total. The van der Waals surface area contributed by atoms with Crippen molar-refractivity contribution in [2.24, 2.45) is 0 Å². The molecule has 158 valence electrons. The normalized spacial score (nSPS) is 13.2. The van der Waals surface area contributed by atoms with Gasteiger partial charge in [0, 0.05) is 41.9 Å². The van der Waals surface area contributed by atoms with Gasteiger partial charge in [-0.1, -0.05) is 25.4 Å². The fourth-order valence-corrected chi connectivity index (χ4v) is 3.39. The number of carbonyl (C=O) groups excluding carboxylic acids is 1. The molecule has 8 nitrogen and oxygen atoms in total. The molecule has 2 unspecified atom stereocenters. The van der Waals surface area contributed by atoms with Gasteiger partial charge in [-0.2, -0.15) is 9.78 Å². The molecule has 0 bridgehead atoms. The van der Waals surface area contributed by atoms with Crippen LogP contribution in [-0.2, 0) is 4.84 Å². The molecule has 0 aliphatic heterocycles. The van der Waals surface area contributed by atoms with E-state index in [4.69, 9.17) is 16.4 Å². The van der Waals surface area contributed by atoms with Gasteiger partial charge in [0.15, 0.2) is 5.78 Å². The minimum Gasteiger partial charge on any atom is -0.305 e.